The molecule has 1 saturated carbocycles. The first-order chi connectivity index (χ1) is 12.0. The molecule has 3 aromatic rings. The van der Waals surface area contributed by atoms with Crippen LogP contribution in [0.3, 0.4) is 0 Å². The first kappa shape index (κ1) is 15.7. The molecule has 1 aromatic carbocycles. The van der Waals surface area contributed by atoms with Gasteiger partial charge < -0.3 is 10.1 Å². The number of para-hydroxylation sites is 2. The van der Waals surface area contributed by atoms with Gasteiger partial charge in [0, 0.05) is 6.04 Å². The van der Waals surface area contributed by atoms with Crippen molar-refractivity contribution in [3.8, 4) is 11.4 Å². The van der Waals surface area contributed by atoms with Crippen LogP contribution in [0.4, 0.5) is 19.1 Å². The quantitative estimate of drug-likeness (QED) is 0.782. The summed E-state index contributed by atoms with van der Waals surface area (Å²) in [7, 11) is 1.50. The smallest absolute Gasteiger partial charge is 0.451 e. The predicted octanol–water partition coefficient (Wildman–Crippen LogP) is 3.42. The Hall–Kier alpha value is -2.84. The molecule has 1 N–H and O–H groups in total. The molecule has 130 valence electrons. The van der Waals surface area contributed by atoms with Gasteiger partial charge in [0.2, 0.25) is 11.8 Å². The number of hydrogen-bond acceptors (Lipinski definition) is 5. The lowest BCUT2D eigenvalue weighted by Gasteiger charge is -2.13. The lowest BCUT2D eigenvalue weighted by atomic mass is 10.3. The molecule has 0 atom stereocenters. The van der Waals surface area contributed by atoms with E-state index in [1.54, 1.807) is 28.8 Å². The van der Waals surface area contributed by atoms with Crippen LogP contribution in [0.1, 0.15) is 18.7 Å². The highest BCUT2D eigenvalue weighted by Crippen LogP contribution is 2.34. The Balaban J connectivity index is 1.97. The minimum atomic E-state index is -4.63. The van der Waals surface area contributed by atoms with Crippen molar-refractivity contribution in [1.82, 2.24) is 19.5 Å². The van der Waals surface area contributed by atoms with Gasteiger partial charge in [-0.05, 0) is 25.0 Å². The number of ether oxygens (including phenoxy) is 1. The van der Waals surface area contributed by atoms with Gasteiger partial charge in [-0.2, -0.15) is 13.2 Å². The fourth-order valence-electron chi connectivity index (χ4n) is 2.56. The van der Waals surface area contributed by atoms with Crippen molar-refractivity contribution in [2.75, 3.05) is 12.4 Å². The van der Waals surface area contributed by atoms with Gasteiger partial charge in [-0.3, -0.25) is 4.57 Å². The third-order valence-electron chi connectivity index (χ3n) is 3.89. The lowest BCUT2D eigenvalue weighted by molar-refractivity contribution is -0.144. The maximum Gasteiger partial charge on any atom is 0.451 e. The van der Waals surface area contributed by atoms with Gasteiger partial charge in [-0.1, -0.05) is 12.1 Å². The number of hydrogen-bond donors (Lipinski definition) is 1. The molecule has 1 fully saturated rings. The van der Waals surface area contributed by atoms with E-state index in [0.717, 1.165) is 19.0 Å². The predicted molar refractivity (Wildman–Crippen MR) is 84.9 cm³/mol. The highest BCUT2D eigenvalue weighted by Gasteiger charge is 2.35. The number of benzene rings is 1. The second-order valence-electron chi connectivity index (χ2n) is 5.76. The molecular formula is C16H14F3N5O. The van der Waals surface area contributed by atoms with E-state index in [4.69, 9.17) is 4.74 Å². The third-order valence-corrected chi connectivity index (χ3v) is 3.89. The van der Waals surface area contributed by atoms with Gasteiger partial charge in [0.15, 0.2) is 5.65 Å². The molecule has 2 heterocycles. The molecule has 4 rings (SSSR count). The van der Waals surface area contributed by atoms with Crippen molar-refractivity contribution in [3.63, 3.8) is 0 Å². The summed E-state index contributed by atoms with van der Waals surface area (Å²) in [5.74, 6) is -0.266. The number of methoxy groups -OCH3 is 1. The summed E-state index contributed by atoms with van der Waals surface area (Å²) in [4.78, 5) is 11.5. The summed E-state index contributed by atoms with van der Waals surface area (Å²) < 4.78 is 46.0. The average molecular weight is 349 g/mol. The standard InChI is InChI=1S/C16H14F3N5O/c1-25-12-5-3-2-4-11(12)24-13-10(22-15(24)21-9-6-7-9)8-20-14(23-13)16(17,18)19/h2-5,8-9H,6-7H2,1H3,(H,21,22). The van der Waals surface area contributed by atoms with Gasteiger partial charge in [0.25, 0.3) is 0 Å². The van der Waals surface area contributed by atoms with E-state index in [9.17, 15) is 13.2 Å². The van der Waals surface area contributed by atoms with Crippen molar-refractivity contribution in [1.29, 1.82) is 0 Å². The highest BCUT2D eigenvalue weighted by molar-refractivity contribution is 5.78. The van der Waals surface area contributed by atoms with Gasteiger partial charge in [0.05, 0.1) is 19.0 Å². The van der Waals surface area contributed by atoms with E-state index in [2.05, 4.69) is 20.3 Å². The summed E-state index contributed by atoms with van der Waals surface area (Å²) in [6.07, 6.45) is -1.55. The molecule has 2 aromatic heterocycles. The van der Waals surface area contributed by atoms with Crippen LogP contribution in [-0.4, -0.2) is 32.7 Å². The zero-order chi connectivity index (χ0) is 17.6. The molecule has 1 aliphatic rings. The number of halogens is 3. The molecule has 9 heteroatoms. The number of alkyl halides is 3. The number of imidazole rings is 1. The zero-order valence-corrected chi connectivity index (χ0v) is 13.2. The van der Waals surface area contributed by atoms with Crippen LogP contribution in [0.25, 0.3) is 16.9 Å². The molecule has 0 aliphatic heterocycles. The van der Waals surface area contributed by atoms with E-state index < -0.39 is 12.0 Å². The molecule has 0 spiro atoms. The SMILES string of the molecule is COc1ccccc1-n1c(NC2CC2)nc2cnc(C(F)(F)F)nc21. The van der Waals surface area contributed by atoms with Crippen LogP contribution in [0, 0.1) is 0 Å². The maximum atomic E-state index is 13.0. The summed E-state index contributed by atoms with van der Waals surface area (Å²) in [6.45, 7) is 0. The molecule has 0 unspecified atom stereocenters. The Kier molecular flexibility index (Phi) is 3.52. The largest absolute Gasteiger partial charge is 0.495 e. The molecule has 25 heavy (non-hydrogen) atoms. The third kappa shape index (κ3) is 2.86. The fraction of sp³-hybridized carbons (Fsp3) is 0.312. The Morgan fingerprint density at radius 1 is 1.20 bits per heavy atom. The van der Waals surface area contributed by atoms with Crippen LogP contribution in [0.15, 0.2) is 30.5 Å². The fourth-order valence-corrected chi connectivity index (χ4v) is 2.56. The Morgan fingerprint density at radius 3 is 2.64 bits per heavy atom. The van der Waals surface area contributed by atoms with Crippen molar-refractivity contribution in [2.45, 2.75) is 25.1 Å². The topological polar surface area (TPSA) is 64.9 Å². The van der Waals surface area contributed by atoms with Crippen LogP contribution >= 0.6 is 0 Å². The summed E-state index contributed by atoms with van der Waals surface area (Å²) in [5, 5.41) is 3.23. The summed E-state index contributed by atoms with van der Waals surface area (Å²) in [5.41, 5.74) is 0.916. The molecule has 0 bridgehead atoms. The minimum Gasteiger partial charge on any atom is -0.495 e. The van der Waals surface area contributed by atoms with Gasteiger partial charge in [0.1, 0.15) is 11.3 Å². The summed E-state index contributed by atoms with van der Waals surface area (Å²) in [6, 6.07) is 7.30. The van der Waals surface area contributed by atoms with Crippen molar-refractivity contribution in [3.05, 3.63) is 36.3 Å². The van der Waals surface area contributed by atoms with Gasteiger partial charge in [-0.15, -0.1) is 0 Å². The highest BCUT2D eigenvalue weighted by atomic mass is 19.4. The van der Waals surface area contributed by atoms with Crippen molar-refractivity contribution >= 4 is 17.1 Å². The van der Waals surface area contributed by atoms with E-state index in [-0.39, 0.29) is 17.2 Å². The molecule has 0 radical (unpaired) electrons. The normalized spacial score (nSPS) is 14.7. The number of nitrogens with zero attached hydrogens (tertiary/aromatic N) is 4. The van der Waals surface area contributed by atoms with Crippen molar-refractivity contribution < 1.29 is 17.9 Å². The molecule has 6 nitrogen and oxygen atoms in total. The van der Waals surface area contributed by atoms with Gasteiger partial charge in [-0.25, -0.2) is 15.0 Å². The van der Waals surface area contributed by atoms with E-state index in [0.29, 0.717) is 17.4 Å². The Bertz CT molecular complexity index is 933. The second-order valence-corrected chi connectivity index (χ2v) is 5.76. The first-order valence-corrected chi connectivity index (χ1v) is 7.70. The number of nitrogens with one attached hydrogen (secondary N) is 1. The molecule has 1 aliphatic carbocycles. The van der Waals surface area contributed by atoms with E-state index in [1.807, 2.05) is 0 Å². The zero-order valence-electron chi connectivity index (χ0n) is 13.2. The number of aromatic nitrogens is 4. The van der Waals surface area contributed by atoms with Crippen LogP contribution < -0.4 is 10.1 Å². The van der Waals surface area contributed by atoms with E-state index >= 15 is 0 Å². The van der Waals surface area contributed by atoms with E-state index in [1.165, 1.54) is 7.11 Å². The van der Waals surface area contributed by atoms with Gasteiger partial charge >= 0.3 is 6.18 Å². The number of fused-ring (bicyclic) bond motifs is 1. The molecule has 0 amide bonds. The van der Waals surface area contributed by atoms with Crippen LogP contribution in [0.2, 0.25) is 0 Å². The number of anilines is 1. The summed E-state index contributed by atoms with van der Waals surface area (Å²) >= 11 is 0. The maximum absolute atomic E-state index is 13.0. The first-order valence-electron chi connectivity index (χ1n) is 7.70. The number of rotatable bonds is 4. The Labute approximate surface area is 140 Å². The monoisotopic (exact) mass is 349 g/mol. The van der Waals surface area contributed by atoms with Crippen molar-refractivity contribution in [2.24, 2.45) is 0 Å². The average Bonchev–Trinajstić information content (AvgIpc) is 3.32. The van der Waals surface area contributed by atoms with Crippen LogP contribution in [-0.2, 0) is 6.18 Å². The molecular weight excluding hydrogens is 335 g/mol. The second kappa shape index (κ2) is 5.61. The molecule has 0 saturated heterocycles. The van der Waals surface area contributed by atoms with Crippen LogP contribution in [0.5, 0.6) is 5.75 Å². The minimum absolute atomic E-state index is 0.0787. The Morgan fingerprint density at radius 2 is 1.96 bits per heavy atom. The lowest BCUT2D eigenvalue weighted by Crippen LogP contribution is -2.12.